The van der Waals surface area contributed by atoms with Gasteiger partial charge in [-0.15, -0.1) is 0 Å². The van der Waals surface area contributed by atoms with Crippen LogP contribution >= 0.6 is 0 Å². The third kappa shape index (κ3) is 3.33. The Morgan fingerprint density at radius 3 is 2.26 bits per heavy atom. The molecule has 162 valence electrons. The van der Waals surface area contributed by atoms with Gasteiger partial charge in [0.05, 0.1) is 29.4 Å². The first-order valence-corrected chi connectivity index (χ1v) is 8.89. The van der Waals surface area contributed by atoms with Crippen LogP contribution in [0.15, 0.2) is 30.6 Å². The highest BCUT2D eigenvalue weighted by Crippen LogP contribution is 2.41. The largest absolute Gasteiger partial charge is 0.494 e. The summed E-state index contributed by atoms with van der Waals surface area (Å²) in [5.74, 6) is -0.407. The van der Waals surface area contributed by atoms with Gasteiger partial charge in [-0.3, -0.25) is 9.38 Å². The Morgan fingerprint density at radius 1 is 0.968 bits per heavy atom. The minimum atomic E-state index is -4.86. The molecular formula is C20H14F6N4O. The van der Waals surface area contributed by atoms with Gasteiger partial charge in [0.1, 0.15) is 17.1 Å². The van der Waals surface area contributed by atoms with Crippen LogP contribution in [0.1, 0.15) is 22.5 Å². The fourth-order valence-electron chi connectivity index (χ4n) is 3.48. The number of ether oxygens (including phenoxy) is 1. The third-order valence-corrected chi connectivity index (χ3v) is 4.89. The van der Waals surface area contributed by atoms with Crippen LogP contribution < -0.4 is 4.74 Å². The molecule has 3 heterocycles. The maximum absolute atomic E-state index is 13.8. The Morgan fingerprint density at radius 2 is 1.68 bits per heavy atom. The molecule has 0 bridgehead atoms. The number of fused-ring (bicyclic) bond motifs is 3. The molecule has 31 heavy (non-hydrogen) atoms. The number of halogens is 6. The zero-order valence-corrected chi connectivity index (χ0v) is 16.4. The maximum Gasteiger partial charge on any atom is 0.435 e. The van der Waals surface area contributed by atoms with Gasteiger partial charge in [-0.25, -0.2) is 9.97 Å². The maximum atomic E-state index is 13.8. The molecule has 3 aromatic heterocycles. The summed E-state index contributed by atoms with van der Waals surface area (Å²) >= 11 is 0. The van der Waals surface area contributed by atoms with E-state index in [0.29, 0.717) is 5.56 Å². The monoisotopic (exact) mass is 440 g/mol. The predicted molar refractivity (Wildman–Crippen MR) is 99.8 cm³/mol. The molecule has 0 aliphatic heterocycles. The van der Waals surface area contributed by atoms with Gasteiger partial charge in [-0.2, -0.15) is 26.3 Å². The Kier molecular flexibility index (Phi) is 4.60. The minimum absolute atomic E-state index is 0.0191. The molecule has 0 aliphatic carbocycles. The van der Waals surface area contributed by atoms with Crippen LogP contribution in [0.5, 0.6) is 5.75 Å². The zero-order valence-electron chi connectivity index (χ0n) is 16.4. The fourth-order valence-corrected chi connectivity index (χ4v) is 3.48. The Hall–Kier alpha value is -3.37. The van der Waals surface area contributed by atoms with Crippen molar-refractivity contribution in [3.05, 3.63) is 53.1 Å². The quantitative estimate of drug-likeness (QED) is 0.381. The van der Waals surface area contributed by atoms with Crippen LogP contribution in [-0.4, -0.2) is 26.5 Å². The van der Waals surface area contributed by atoms with E-state index < -0.39 is 29.1 Å². The van der Waals surface area contributed by atoms with Crippen LogP contribution in [0.3, 0.4) is 0 Å². The number of aromatic nitrogens is 4. The molecule has 0 unspecified atom stereocenters. The lowest BCUT2D eigenvalue weighted by molar-refractivity contribution is -0.139. The summed E-state index contributed by atoms with van der Waals surface area (Å²) in [4.78, 5) is 11.9. The number of nitrogens with zero attached hydrogens (tertiary/aromatic N) is 4. The average Bonchev–Trinajstić information content (AvgIpc) is 3.09. The van der Waals surface area contributed by atoms with Gasteiger partial charge in [0, 0.05) is 18.0 Å². The summed E-state index contributed by atoms with van der Waals surface area (Å²) in [6, 6.07) is 3.08. The smallest absolute Gasteiger partial charge is 0.435 e. The molecule has 4 rings (SSSR count). The van der Waals surface area contributed by atoms with Gasteiger partial charge in [0.2, 0.25) is 0 Å². The molecule has 4 aromatic rings. The van der Waals surface area contributed by atoms with Crippen molar-refractivity contribution in [2.75, 3.05) is 7.11 Å². The van der Waals surface area contributed by atoms with Crippen LogP contribution in [0.4, 0.5) is 26.3 Å². The van der Waals surface area contributed by atoms with Crippen molar-refractivity contribution in [1.82, 2.24) is 19.4 Å². The number of hydrogen-bond donors (Lipinski definition) is 0. The lowest BCUT2D eigenvalue weighted by Crippen LogP contribution is -2.09. The van der Waals surface area contributed by atoms with E-state index in [1.165, 1.54) is 19.3 Å². The van der Waals surface area contributed by atoms with Crippen molar-refractivity contribution >= 4 is 16.6 Å². The second-order valence-corrected chi connectivity index (χ2v) is 6.90. The lowest BCUT2D eigenvalue weighted by atomic mass is 10.1. The van der Waals surface area contributed by atoms with Crippen LogP contribution in [0, 0.1) is 13.8 Å². The number of methoxy groups -OCH3 is 1. The van der Waals surface area contributed by atoms with Crippen molar-refractivity contribution < 1.29 is 31.1 Å². The van der Waals surface area contributed by atoms with Crippen LogP contribution in [0.2, 0.25) is 0 Å². The van der Waals surface area contributed by atoms with Crippen molar-refractivity contribution in [2.45, 2.75) is 26.2 Å². The molecule has 0 spiro atoms. The van der Waals surface area contributed by atoms with Crippen LogP contribution in [0.25, 0.3) is 27.9 Å². The number of pyridine rings is 1. The number of aryl methyl sites for hydroxylation is 2. The highest BCUT2D eigenvalue weighted by Gasteiger charge is 2.39. The molecule has 0 fully saturated rings. The van der Waals surface area contributed by atoms with Gasteiger partial charge in [0.15, 0.2) is 5.69 Å². The van der Waals surface area contributed by atoms with E-state index in [4.69, 9.17) is 4.74 Å². The SMILES string of the molecule is COc1cc(C(F)(F)F)cc2c1nc(C)c1c(C(F)(F)F)nc(-c3cnccc3C)n12. The summed E-state index contributed by atoms with van der Waals surface area (Å²) < 4.78 is 88.1. The molecule has 0 saturated heterocycles. The molecule has 0 saturated carbocycles. The van der Waals surface area contributed by atoms with E-state index in [1.54, 1.807) is 13.0 Å². The number of alkyl halides is 6. The molecule has 0 amide bonds. The van der Waals surface area contributed by atoms with Crippen LogP contribution in [-0.2, 0) is 12.4 Å². The summed E-state index contributed by atoms with van der Waals surface area (Å²) in [7, 11) is 1.16. The van der Waals surface area contributed by atoms with Gasteiger partial charge < -0.3 is 4.74 Å². The Balaban J connectivity index is 2.29. The second-order valence-electron chi connectivity index (χ2n) is 6.90. The van der Waals surface area contributed by atoms with E-state index >= 15 is 0 Å². The van der Waals surface area contributed by atoms with E-state index in [2.05, 4.69) is 15.0 Å². The highest BCUT2D eigenvalue weighted by molar-refractivity contribution is 5.89. The summed E-state index contributed by atoms with van der Waals surface area (Å²) in [6.07, 6.45) is -6.84. The van der Waals surface area contributed by atoms with Crippen molar-refractivity contribution in [1.29, 1.82) is 0 Å². The van der Waals surface area contributed by atoms with Crippen molar-refractivity contribution in [3.63, 3.8) is 0 Å². The predicted octanol–water partition coefficient (Wildman–Crippen LogP) is 5.61. The fraction of sp³-hybridized carbons (Fsp3) is 0.250. The Bertz CT molecular complexity index is 1320. The molecular weight excluding hydrogens is 426 g/mol. The van der Waals surface area contributed by atoms with E-state index in [9.17, 15) is 26.3 Å². The summed E-state index contributed by atoms with van der Waals surface area (Å²) in [5, 5.41) is 0. The van der Waals surface area contributed by atoms with Gasteiger partial charge >= 0.3 is 12.4 Å². The minimum Gasteiger partial charge on any atom is -0.494 e. The average molecular weight is 440 g/mol. The number of rotatable bonds is 2. The molecule has 1 aromatic carbocycles. The number of benzene rings is 1. The first kappa shape index (κ1) is 20.9. The molecule has 0 radical (unpaired) electrons. The standard InChI is InChI=1S/C20H14F6N4O/c1-9-4-5-27-8-12(9)18-29-17(20(24,25)26)16-10(2)28-15-13(30(16)18)6-11(19(21,22)23)7-14(15)31-3/h4-8H,1-3H3. The van der Waals surface area contributed by atoms with E-state index in [1.807, 2.05) is 0 Å². The topological polar surface area (TPSA) is 52.3 Å². The third-order valence-electron chi connectivity index (χ3n) is 4.89. The van der Waals surface area contributed by atoms with E-state index in [0.717, 1.165) is 23.6 Å². The molecule has 0 atom stereocenters. The highest BCUT2D eigenvalue weighted by atomic mass is 19.4. The zero-order chi connectivity index (χ0) is 22.7. The normalized spacial score (nSPS) is 12.7. The molecule has 11 heteroatoms. The van der Waals surface area contributed by atoms with E-state index in [-0.39, 0.29) is 33.9 Å². The molecule has 0 N–H and O–H groups in total. The number of hydrogen-bond acceptors (Lipinski definition) is 4. The van der Waals surface area contributed by atoms with Crippen molar-refractivity contribution in [3.8, 4) is 17.1 Å². The van der Waals surface area contributed by atoms with Crippen molar-refractivity contribution in [2.24, 2.45) is 0 Å². The Labute approximate surface area is 171 Å². The molecule has 5 nitrogen and oxygen atoms in total. The summed E-state index contributed by atoms with van der Waals surface area (Å²) in [6.45, 7) is 2.98. The number of imidazole rings is 1. The van der Waals surface area contributed by atoms with Gasteiger partial charge in [-0.1, -0.05) is 0 Å². The second kappa shape index (κ2) is 6.82. The van der Waals surface area contributed by atoms with Gasteiger partial charge in [-0.05, 0) is 37.6 Å². The first-order valence-electron chi connectivity index (χ1n) is 8.89. The lowest BCUT2D eigenvalue weighted by Gasteiger charge is -2.15. The summed E-state index contributed by atoms with van der Waals surface area (Å²) in [5.41, 5.74) is -2.25. The molecule has 0 aliphatic rings. The van der Waals surface area contributed by atoms with Gasteiger partial charge in [0.25, 0.3) is 0 Å². The first-order chi connectivity index (χ1) is 14.4.